The van der Waals surface area contributed by atoms with Gasteiger partial charge < -0.3 is 11.1 Å². The molecule has 116 valence electrons. The normalized spacial score (nSPS) is 12.2. The van der Waals surface area contributed by atoms with E-state index in [-0.39, 0.29) is 5.92 Å². The molecule has 1 unspecified atom stereocenters. The lowest BCUT2D eigenvalue weighted by Crippen LogP contribution is -2.13. The first-order valence-corrected chi connectivity index (χ1v) is 8.32. The van der Waals surface area contributed by atoms with Crippen LogP contribution in [0.4, 0.5) is 11.4 Å². The van der Waals surface area contributed by atoms with E-state index in [9.17, 15) is 0 Å². The lowest BCUT2D eigenvalue weighted by molar-refractivity contribution is 0.688. The number of benzene rings is 2. The molecule has 0 aliphatic carbocycles. The molecule has 2 aromatic carbocycles. The number of allylic oxidation sites excluding steroid dienone is 1. The maximum atomic E-state index is 6.25. The van der Waals surface area contributed by atoms with E-state index >= 15 is 0 Å². The lowest BCUT2D eigenvalue weighted by Gasteiger charge is -2.22. The van der Waals surface area contributed by atoms with Gasteiger partial charge in [-0.3, -0.25) is 0 Å². The molecule has 0 fully saturated rings. The van der Waals surface area contributed by atoms with Crippen molar-refractivity contribution in [3.05, 3.63) is 70.7 Å². The summed E-state index contributed by atoms with van der Waals surface area (Å²) in [5.41, 5.74) is 10.4. The number of halogens is 1. The van der Waals surface area contributed by atoms with Crippen LogP contribution in [0.1, 0.15) is 30.9 Å². The van der Waals surface area contributed by atoms with Crippen LogP contribution in [0.3, 0.4) is 0 Å². The van der Waals surface area contributed by atoms with Gasteiger partial charge in [0.15, 0.2) is 0 Å². The largest absolute Gasteiger partial charge is 0.397 e. The van der Waals surface area contributed by atoms with Crippen molar-refractivity contribution in [2.45, 2.75) is 19.8 Å². The summed E-state index contributed by atoms with van der Waals surface area (Å²) in [5, 5.41) is 3.50. The number of rotatable bonds is 6. The maximum absolute atomic E-state index is 6.25. The summed E-state index contributed by atoms with van der Waals surface area (Å²) in [7, 11) is 0. The van der Waals surface area contributed by atoms with Crippen LogP contribution >= 0.6 is 15.9 Å². The van der Waals surface area contributed by atoms with Gasteiger partial charge in [-0.2, -0.15) is 0 Å². The van der Waals surface area contributed by atoms with E-state index in [0.29, 0.717) is 5.92 Å². The second kappa shape index (κ2) is 7.50. The Labute approximate surface area is 141 Å². The van der Waals surface area contributed by atoms with E-state index in [1.54, 1.807) is 0 Å². The molecule has 0 aliphatic heterocycles. The van der Waals surface area contributed by atoms with E-state index in [0.717, 1.165) is 28.0 Å². The zero-order chi connectivity index (χ0) is 16.1. The fourth-order valence-corrected chi connectivity index (χ4v) is 3.00. The van der Waals surface area contributed by atoms with Crippen LogP contribution in [0.5, 0.6) is 0 Å². The zero-order valence-corrected chi connectivity index (χ0v) is 14.7. The molecule has 3 heteroatoms. The first-order chi connectivity index (χ1) is 10.5. The number of anilines is 2. The van der Waals surface area contributed by atoms with Crippen LogP contribution in [0.15, 0.2) is 59.6 Å². The van der Waals surface area contributed by atoms with Gasteiger partial charge in [-0.1, -0.05) is 66.2 Å². The van der Waals surface area contributed by atoms with Gasteiger partial charge in [0.2, 0.25) is 0 Å². The molecule has 0 saturated carbocycles. The van der Waals surface area contributed by atoms with Crippen LogP contribution in [0.25, 0.3) is 0 Å². The number of hydrogen-bond donors (Lipinski definition) is 2. The van der Waals surface area contributed by atoms with Gasteiger partial charge in [-0.15, -0.1) is 6.58 Å². The summed E-state index contributed by atoms with van der Waals surface area (Å²) in [4.78, 5) is 0. The fraction of sp³-hybridized carbons (Fsp3) is 0.263. The molecule has 0 aromatic heterocycles. The average Bonchev–Trinajstić information content (AvgIpc) is 2.48. The number of nitrogen functional groups attached to an aromatic ring is 1. The summed E-state index contributed by atoms with van der Waals surface area (Å²) >= 11 is 3.56. The van der Waals surface area contributed by atoms with Crippen LogP contribution < -0.4 is 11.1 Å². The summed E-state index contributed by atoms with van der Waals surface area (Å²) in [6.45, 7) is 9.28. The quantitative estimate of drug-likeness (QED) is 0.534. The Morgan fingerprint density at radius 2 is 1.91 bits per heavy atom. The molecule has 3 N–H and O–H groups in total. The highest BCUT2D eigenvalue weighted by Crippen LogP contribution is 2.37. The summed E-state index contributed by atoms with van der Waals surface area (Å²) in [6.07, 6.45) is 1.97. The summed E-state index contributed by atoms with van der Waals surface area (Å²) < 4.78 is 0.984. The number of hydrogen-bond acceptors (Lipinski definition) is 2. The number of nitrogens with one attached hydrogen (secondary N) is 1. The minimum absolute atomic E-state index is 0.107. The van der Waals surface area contributed by atoms with Crippen molar-refractivity contribution >= 4 is 27.3 Å². The molecule has 0 bridgehead atoms. The van der Waals surface area contributed by atoms with E-state index < -0.39 is 0 Å². The van der Waals surface area contributed by atoms with Crippen LogP contribution in [0, 0.1) is 5.92 Å². The maximum Gasteiger partial charge on any atom is 0.0616 e. The molecule has 22 heavy (non-hydrogen) atoms. The lowest BCUT2D eigenvalue weighted by atomic mass is 9.89. The first-order valence-electron chi connectivity index (χ1n) is 7.53. The Balaban J connectivity index is 2.49. The molecular formula is C19H23BrN2. The molecule has 1 atom stereocenters. The highest BCUT2D eigenvalue weighted by Gasteiger charge is 2.17. The molecular weight excluding hydrogens is 336 g/mol. The Morgan fingerprint density at radius 3 is 2.50 bits per heavy atom. The number of nitrogens with two attached hydrogens (primary N) is 1. The third kappa shape index (κ3) is 3.92. The van der Waals surface area contributed by atoms with E-state index in [2.05, 4.69) is 59.9 Å². The second-order valence-electron chi connectivity index (χ2n) is 5.86. The Morgan fingerprint density at radius 1 is 1.23 bits per heavy atom. The van der Waals surface area contributed by atoms with Crippen LogP contribution in [-0.4, -0.2) is 6.54 Å². The first kappa shape index (κ1) is 16.6. The minimum Gasteiger partial charge on any atom is -0.397 e. The van der Waals surface area contributed by atoms with Crippen molar-refractivity contribution in [1.82, 2.24) is 0 Å². The average molecular weight is 359 g/mol. The van der Waals surface area contributed by atoms with Gasteiger partial charge in [0.05, 0.1) is 11.4 Å². The predicted molar refractivity (Wildman–Crippen MR) is 100 cm³/mol. The molecule has 0 saturated heterocycles. The van der Waals surface area contributed by atoms with Crippen LogP contribution in [0.2, 0.25) is 0 Å². The van der Waals surface area contributed by atoms with E-state index in [4.69, 9.17) is 5.73 Å². The Bertz CT molecular complexity index is 635. The molecule has 0 amide bonds. The van der Waals surface area contributed by atoms with E-state index in [1.807, 2.05) is 30.3 Å². The third-order valence-electron chi connectivity index (χ3n) is 3.58. The van der Waals surface area contributed by atoms with Gasteiger partial charge in [-0.25, -0.2) is 0 Å². The molecule has 2 rings (SSSR count). The van der Waals surface area contributed by atoms with Crippen molar-refractivity contribution in [2.75, 3.05) is 17.6 Å². The molecule has 0 radical (unpaired) electrons. The third-order valence-corrected chi connectivity index (χ3v) is 4.04. The van der Waals surface area contributed by atoms with Gasteiger partial charge >= 0.3 is 0 Å². The summed E-state index contributed by atoms with van der Waals surface area (Å²) in [6, 6.07) is 14.4. The Hall–Kier alpha value is -1.74. The highest BCUT2D eigenvalue weighted by molar-refractivity contribution is 9.10. The molecule has 0 aliphatic rings. The van der Waals surface area contributed by atoms with Gasteiger partial charge in [0.1, 0.15) is 0 Å². The molecule has 2 aromatic rings. The predicted octanol–water partition coefficient (Wildman–Crippen LogP) is 5.42. The fourth-order valence-electron chi connectivity index (χ4n) is 2.51. The topological polar surface area (TPSA) is 38.0 Å². The SMILES string of the molecule is C=CC(c1ccccc1)c1cc(Br)cc(N)c1NCC(C)C. The van der Waals surface area contributed by atoms with Crippen molar-refractivity contribution < 1.29 is 0 Å². The minimum atomic E-state index is 0.107. The molecule has 0 heterocycles. The zero-order valence-electron chi connectivity index (χ0n) is 13.1. The van der Waals surface area contributed by atoms with E-state index in [1.165, 1.54) is 5.56 Å². The standard InChI is InChI=1S/C19H23BrN2/c1-4-16(14-8-6-5-7-9-14)17-10-15(20)11-18(21)19(17)22-12-13(2)3/h4-11,13,16,22H,1,12,21H2,2-3H3. The Kier molecular flexibility index (Phi) is 5.67. The molecule has 0 spiro atoms. The van der Waals surface area contributed by atoms with Crippen molar-refractivity contribution in [2.24, 2.45) is 5.92 Å². The monoisotopic (exact) mass is 358 g/mol. The summed E-state index contributed by atoms with van der Waals surface area (Å²) in [5.74, 6) is 0.658. The molecule has 2 nitrogen and oxygen atoms in total. The van der Waals surface area contributed by atoms with Gasteiger partial charge in [-0.05, 0) is 29.2 Å². The van der Waals surface area contributed by atoms with Gasteiger partial charge in [0.25, 0.3) is 0 Å². The van der Waals surface area contributed by atoms with Gasteiger partial charge in [0, 0.05) is 16.9 Å². The van der Waals surface area contributed by atoms with Crippen molar-refractivity contribution in [3.8, 4) is 0 Å². The smallest absolute Gasteiger partial charge is 0.0616 e. The van der Waals surface area contributed by atoms with Crippen LogP contribution in [-0.2, 0) is 0 Å². The van der Waals surface area contributed by atoms with Crippen molar-refractivity contribution in [3.63, 3.8) is 0 Å². The van der Waals surface area contributed by atoms with Crippen molar-refractivity contribution in [1.29, 1.82) is 0 Å². The highest BCUT2D eigenvalue weighted by atomic mass is 79.9. The second-order valence-corrected chi connectivity index (χ2v) is 6.77.